The molecule has 0 radical (unpaired) electrons. The van der Waals surface area contributed by atoms with Crippen LogP contribution in [0.1, 0.15) is 21.6 Å². The Morgan fingerprint density at radius 2 is 1.64 bits per heavy atom. The van der Waals surface area contributed by atoms with Crippen LogP contribution >= 0.6 is 11.3 Å². The Labute approximate surface area is 152 Å². The number of anilines is 1. The van der Waals surface area contributed by atoms with Crippen molar-refractivity contribution in [3.05, 3.63) is 82.2 Å². The molecular formula is C22H21NOS. The Hall–Kier alpha value is -2.65. The summed E-state index contributed by atoms with van der Waals surface area (Å²) in [7, 11) is 0. The van der Waals surface area contributed by atoms with Crippen molar-refractivity contribution in [1.82, 2.24) is 0 Å². The smallest absolute Gasteiger partial charge is 0.248 e. The van der Waals surface area contributed by atoms with Crippen molar-refractivity contribution < 1.29 is 4.79 Å². The summed E-state index contributed by atoms with van der Waals surface area (Å²) in [6, 6.07) is 18.6. The summed E-state index contributed by atoms with van der Waals surface area (Å²) in [6.07, 6.45) is 3.46. The van der Waals surface area contributed by atoms with Crippen LogP contribution in [0.4, 0.5) is 5.69 Å². The molecule has 3 rings (SSSR count). The van der Waals surface area contributed by atoms with Crippen LogP contribution in [0.25, 0.3) is 16.5 Å². The summed E-state index contributed by atoms with van der Waals surface area (Å²) >= 11 is 1.68. The van der Waals surface area contributed by atoms with Gasteiger partial charge in [0.25, 0.3) is 0 Å². The highest BCUT2D eigenvalue weighted by Crippen LogP contribution is 2.28. The minimum absolute atomic E-state index is 0.107. The minimum Gasteiger partial charge on any atom is -0.322 e. The van der Waals surface area contributed by atoms with Crippen LogP contribution in [0.15, 0.2) is 60.7 Å². The van der Waals surface area contributed by atoms with Crippen molar-refractivity contribution >= 4 is 29.0 Å². The first-order chi connectivity index (χ1) is 12.0. The highest BCUT2D eigenvalue weighted by atomic mass is 32.1. The summed E-state index contributed by atoms with van der Waals surface area (Å²) in [6.45, 7) is 6.10. The Balaban J connectivity index is 1.71. The highest BCUT2D eigenvalue weighted by Gasteiger charge is 2.06. The van der Waals surface area contributed by atoms with E-state index < -0.39 is 0 Å². The van der Waals surface area contributed by atoms with E-state index in [4.69, 9.17) is 0 Å². The molecule has 25 heavy (non-hydrogen) atoms. The van der Waals surface area contributed by atoms with Gasteiger partial charge in [-0.1, -0.05) is 48.0 Å². The molecule has 0 aliphatic heterocycles. The molecule has 0 saturated carbocycles. The van der Waals surface area contributed by atoms with Gasteiger partial charge in [-0.25, -0.2) is 0 Å². The lowest BCUT2D eigenvalue weighted by Gasteiger charge is -2.11. The topological polar surface area (TPSA) is 29.1 Å². The number of benzene rings is 2. The molecule has 2 aromatic carbocycles. The first-order valence-electron chi connectivity index (χ1n) is 8.25. The van der Waals surface area contributed by atoms with Gasteiger partial charge in [0.1, 0.15) is 0 Å². The molecule has 0 fully saturated rings. The molecule has 3 aromatic rings. The lowest BCUT2D eigenvalue weighted by atomic mass is 10.1. The molecule has 1 amide bonds. The molecule has 0 spiro atoms. The Morgan fingerprint density at radius 1 is 0.960 bits per heavy atom. The number of aryl methyl sites for hydroxylation is 3. The largest absolute Gasteiger partial charge is 0.322 e. The minimum atomic E-state index is -0.107. The number of amides is 1. The third-order valence-electron chi connectivity index (χ3n) is 4.01. The molecule has 0 aliphatic carbocycles. The maximum absolute atomic E-state index is 12.3. The summed E-state index contributed by atoms with van der Waals surface area (Å²) in [5, 5.41) is 2.99. The lowest BCUT2D eigenvalue weighted by Crippen LogP contribution is -2.10. The molecule has 1 aromatic heterocycles. The molecule has 0 aliphatic rings. The average Bonchev–Trinajstić information content (AvgIpc) is 3.06. The fourth-order valence-corrected chi connectivity index (χ4v) is 3.82. The van der Waals surface area contributed by atoms with Crippen molar-refractivity contribution in [2.45, 2.75) is 20.8 Å². The Bertz CT molecular complexity index is 899. The summed E-state index contributed by atoms with van der Waals surface area (Å²) in [5.74, 6) is -0.107. The first-order valence-corrected chi connectivity index (χ1v) is 9.07. The molecular weight excluding hydrogens is 326 g/mol. The standard InChI is InChI=1S/C22H21NOS/c1-15-13-16(2)22(17(3)14-15)23-21(24)12-10-19-9-11-20(25-19)18-7-5-4-6-8-18/h4-14H,1-3H3,(H,23,24)/b12-10+. The average molecular weight is 347 g/mol. The molecule has 0 unspecified atom stereocenters. The van der Waals surface area contributed by atoms with Crippen molar-refractivity contribution in [3.8, 4) is 10.4 Å². The summed E-state index contributed by atoms with van der Waals surface area (Å²) < 4.78 is 0. The van der Waals surface area contributed by atoms with Crippen LogP contribution in [0.2, 0.25) is 0 Å². The highest BCUT2D eigenvalue weighted by molar-refractivity contribution is 7.16. The second-order valence-corrected chi connectivity index (χ2v) is 7.28. The van der Waals surface area contributed by atoms with E-state index in [1.807, 2.05) is 44.2 Å². The molecule has 0 bridgehead atoms. The van der Waals surface area contributed by atoms with Gasteiger partial charge in [0.2, 0.25) is 5.91 Å². The van der Waals surface area contributed by atoms with Gasteiger partial charge in [0, 0.05) is 21.5 Å². The molecule has 126 valence electrons. The van der Waals surface area contributed by atoms with E-state index in [-0.39, 0.29) is 5.91 Å². The fraction of sp³-hybridized carbons (Fsp3) is 0.136. The number of nitrogens with one attached hydrogen (secondary N) is 1. The second kappa shape index (κ2) is 7.49. The SMILES string of the molecule is Cc1cc(C)c(NC(=O)/C=C/c2ccc(-c3ccccc3)s2)c(C)c1. The zero-order valence-electron chi connectivity index (χ0n) is 14.7. The van der Waals surface area contributed by atoms with Crippen LogP contribution in [-0.4, -0.2) is 5.91 Å². The van der Waals surface area contributed by atoms with Crippen molar-refractivity contribution in [1.29, 1.82) is 0 Å². The molecule has 3 heteroatoms. The maximum atomic E-state index is 12.3. The molecule has 2 nitrogen and oxygen atoms in total. The van der Waals surface area contributed by atoms with Gasteiger partial charge in [0.05, 0.1) is 0 Å². The number of carbonyl (C=O) groups excluding carboxylic acids is 1. The van der Waals surface area contributed by atoms with E-state index in [1.54, 1.807) is 17.4 Å². The van der Waals surface area contributed by atoms with Gasteiger partial charge in [-0.15, -0.1) is 11.3 Å². The number of hydrogen-bond acceptors (Lipinski definition) is 2. The van der Waals surface area contributed by atoms with E-state index >= 15 is 0 Å². The Kier molecular flexibility index (Phi) is 5.15. The number of rotatable bonds is 4. The van der Waals surface area contributed by atoms with Crippen LogP contribution in [0, 0.1) is 20.8 Å². The maximum Gasteiger partial charge on any atom is 0.248 e. The van der Waals surface area contributed by atoms with E-state index in [1.165, 1.54) is 16.0 Å². The Morgan fingerprint density at radius 3 is 2.32 bits per heavy atom. The van der Waals surface area contributed by atoms with Crippen LogP contribution in [0.3, 0.4) is 0 Å². The van der Waals surface area contributed by atoms with E-state index in [2.05, 4.69) is 42.6 Å². The monoisotopic (exact) mass is 347 g/mol. The zero-order valence-corrected chi connectivity index (χ0v) is 15.5. The molecule has 0 atom stereocenters. The van der Waals surface area contributed by atoms with Gasteiger partial charge in [-0.2, -0.15) is 0 Å². The van der Waals surface area contributed by atoms with E-state index in [0.717, 1.165) is 21.7 Å². The van der Waals surface area contributed by atoms with E-state index in [9.17, 15) is 4.79 Å². The van der Waals surface area contributed by atoms with Crippen molar-refractivity contribution in [2.24, 2.45) is 0 Å². The third kappa shape index (κ3) is 4.25. The van der Waals surface area contributed by atoms with Crippen LogP contribution < -0.4 is 5.32 Å². The number of hydrogen-bond donors (Lipinski definition) is 1. The van der Waals surface area contributed by atoms with Crippen molar-refractivity contribution in [2.75, 3.05) is 5.32 Å². The molecule has 0 saturated heterocycles. The third-order valence-corrected chi connectivity index (χ3v) is 5.11. The van der Waals surface area contributed by atoms with Gasteiger partial charge >= 0.3 is 0 Å². The van der Waals surface area contributed by atoms with Crippen LogP contribution in [0.5, 0.6) is 0 Å². The predicted molar refractivity (Wildman–Crippen MR) is 108 cm³/mol. The predicted octanol–water partition coefficient (Wildman–Crippen LogP) is 5.99. The fourth-order valence-electron chi connectivity index (χ4n) is 2.90. The second-order valence-electron chi connectivity index (χ2n) is 6.16. The number of carbonyl (C=O) groups is 1. The van der Waals surface area contributed by atoms with Crippen molar-refractivity contribution in [3.63, 3.8) is 0 Å². The van der Waals surface area contributed by atoms with Gasteiger partial charge < -0.3 is 5.32 Å². The van der Waals surface area contributed by atoms with Gasteiger partial charge in [0.15, 0.2) is 0 Å². The summed E-state index contributed by atoms with van der Waals surface area (Å²) in [5.41, 5.74) is 5.47. The lowest BCUT2D eigenvalue weighted by molar-refractivity contribution is -0.111. The molecule has 1 N–H and O–H groups in total. The first kappa shape index (κ1) is 17.2. The van der Waals surface area contributed by atoms with E-state index in [0.29, 0.717) is 0 Å². The number of thiophene rings is 1. The van der Waals surface area contributed by atoms with Gasteiger partial charge in [-0.05, 0) is 55.7 Å². The van der Waals surface area contributed by atoms with Gasteiger partial charge in [-0.3, -0.25) is 4.79 Å². The normalized spacial score (nSPS) is 11.0. The summed E-state index contributed by atoms with van der Waals surface area (Å²) in [4.78, 5) is 14.5. The quantitative estimate of drug-likeness (QED) is 0.577. The van der Waals surface area contributed by atoms with Crippen LogP contribution in [-0.2, 0) is 4.79 Å². The zero-order chi connectivity index (χ0) is 17.8. The molecule has 1 heterocycles.